The first kappa shape index (κ1) is 17.9. The van der Waals surface area contributed by atoms with Crippen molar-refractivity contribution in [2.75, 3.05) is 30.4 Å². The fraction of sp³-hybridized carbons (Fsp3) is 0.600. The van der Waals surface area contributed by atoms with Gasteiger partial charge in [-0.2, -0.15) is 0 Å². The van der Waals surface area contributed by atoms with Crippen molar-refractivity contribution >= 4 is 23.2 Å². The Hall–Kier alpha value is -1.88. The van der Waals surface area contributed by atoms with Gasteiger partial charge in [-0.25, -0.2) is 0 Å². The van der Waals surface area contributed by atoms with Crippen LogP contribution in [0.25, 0.3) is 0 Å². The van der Waals surface area contributed by atoms with Crippen LogP contribution in [-0.2, 0) is 9.59 Å². The van der Waals surface area contributed by atoms with Crippen molar-refractivity contribution in [1.29, 1.82) is 0 Å². The average Bonchev–Trinajstić information content (AvgIpc) is 2.69. The molecular weight excluding hydrogens is 314 g/mol. The highest BCUT2D eigenvalue weighted by Gasteiger charge is 2.30. The summed E-state index contributed by atoms with van der Waals surface area (Å²) in [4.78, 5) is 29.0. The van der Waals surface area contributed by atoms with Crippen molar-refractivity contribution in [2.45, 2.75) is 51.5 Å². The number of fused-ring (bicyclic) bond motifs is 1. The van der Waals surface area contributed by atoms with E-state index in [1.807, 2.05) is 38.2 Å². The summed E-state index contributed by atoms with van der Waals surface area (Å²) in [5.41, 5.74) is 1.53. The maximum absolute atomic E-state index is 13.0. The van der Waals surface area contributed by atoms with Gasteiger partial charge in [-0.05, 0) is 44.9 Å². The summed E-state index contributed by atoms with van der Waals surface area (Å²) in [6.45, 7) is 3.32. The van der Waals surface area contributed by atoms with Crippen LogP contribution in [0.5, 0.6) is 0 Å². The topological polar surface area (TPSA) is 52.7 Å². The van der Waals surface area contributed by atoms with Gasteiger partial charge in [-0.15, -0.1) is 0 Å². The summed E-state index contributed by atoms with van der Waals surface area (Å²) in [6.07, 6.45) is 6.86. The second-order valence-corrected chi connectivity index (χ2v) is 7.58. The summed E-state index contributed by atoms with van der Waals surface area (Å²) in [7, 11) is 2.03. The van der Waals surface area contributed by atoms with Crippen molar-refractivity contribution in [3.8, 4) is 0 Å². The number of nitrogens with zero attached hydrogens (tertiary/aromatic N) is 2. The minimum atomic E-state index is -0.140. The Labute approximate surface area is 150 Å². The van der Waals surface area contributed by atoms with Crippen LogP contribution in [0.3, 0.4) is 0 Å². The number of carbonyl (C=O) groups excluding carboxylic acids is 2. The van der Waals surface area contributed by atoms with E-state index in [9.17, 15) is 9.59 Å². The number of para-hydroxylation sites is 2. The quantitative estimate of drug-likeness (QED) is 0.913. The average molecular weight is 343 g/mol. The van der Waals surface area contributed by atoms with Gasteiger partial charge < -0.3 is 10.2 Å². The smallest absolute Gasteiger partial charge is 0.241 e. The lowest BCUT2D eigenvalue weighted by Crippen LogP contribution is -2.45. The standard InChI is InChI=1S/C20H29N3O2/c1-15-12-19(24)21-17-10-6-7-11-18(17)23(15)20(25)14-22(2)13-16-8-4-3-5-9-16/h6-7,10-11,15-16H,3-5,8-9,12-14H2,1-2H3,(H,21,24). The van der Waals surface area contributed by atoms with E-state index in [0.29, 0.717) is 18.9 Å². The number of benzene rings is 1. The zero-order valence-electron chi connectivity index (χ0n) is 15.3. The Morgan fingerprint density at radius 2 is 1.96 bits per heavy atom. The highest BCUT2D eigenvalue weighted by molar-refractivity contribution is 6.04. The van der Waals surface area contributed by atoms with Crippen LogP contribution in [0.15, 0.2) is 24.3 Å². The molecule has 3 rings (SSSR count). The van der Waals surface area contributed by atoms with E-state index in [0.717, 1.165) is 17.9 Å². The number of nitrogens with one attached hydrogen (secondary N) is 1. The largest absolute Gasteiger partial charge is 0.324 e. The van der Waals surface area contributed by atoms with Gasteiger partial charge in [0.15, 0.2) is 0 Å². The Kier molecular flexibility index (Phi) is 5.74. The van der Waals surface area contributed by atoms with Gasteiger partial charge in [0, 0.05) is 19.0 Å². The molecule has 0 saturated heterocycles. The maximum atomic E-state index is 13.0. The molecule has 0 aromatic heterocycles. The summed E-state index contributed by atoms with van der Waals surface area (Å²) in [6, 6.07) is 7.43. The Bertz CT molecular complexity index is 625. The summed E-state index contributed by atoms with van der Waals surface area (Å²) >= 11 is 0. The molecular formula is C20H29N3O2. The van der Waals surface area contributed by atoms with E-state index in [-0.39, 0.29) is 17.9 Å². The number of rotatable bonds is 4. The SMILES string of the molecule is CC1CC(=O)Nc2ccccc2N1C(=O)CN(C)CC1CCCCC1. The Morgan fingerprint density at radius 3 is 2.72 bits per heavy atom. The molecule has 0 radical (unpaired) electrons. The zero-order valence-corrected chi connectivity index (χ0v) is 15.3. The molecule has 1 heterocycles. The number of likely N-dealkylation sites (N-methyl/N-ethyl adjacent to an activating group) is 1. The van der Waals surface area contributed by atoms with Gasteiger partial charge >= 0.3 is 0 Å². The Morgan fingerprint density at radius 1 is 1.24 bits per heavy atom. The molecule has 25 heavy (non-hydrogen) atoms. The molecule has 1 fully saturated rings. The van der Waals surface area contributed by atoms with Gasteiger partial charge in [-0.1, -0.05) is 31.4 Å². The molecule has 1 N–H and O–H groups in total. The van der Waals surface area contributed by atoms with Crippen LogP contribution in [0.4, 0.5) is 11.4 Å². The van der Waals surface area contributed by atoms with Crippen LogP contribution in [0, 0.1) is 5.92 Å². The van der Waals surface area contributed by atoms with Crippen molar-refractivity contribution in [2.24, 2.45) is 5.92 Å². The molecule has 1 aliphatic carbocycles. The molecule has 2 amide bonds. The van der Waals surface area contributed by atoms with E-state index < -0.39 is 0 Å². The first-order valence-electron chi connectivity index (χ1n) is 9.44. The highest BCUT2D eigenvalue weighted by atomic mass is 16.2. The van der Waals surface area contributed by atoms with Crippen LogP contribution in [0.2, 0.25) is 0 Å². The van der Waals surface area contributed by atoms with Gasteiger partial charge in [0.2, 0.25) is 11.8 Å². The molecule has 5 heteroatoms. The van der Waals surface area contributed by atoms with Gasteiger partial charge in [0.1, 0.15) is 0 Å². The second kappa shape index (κ2) is 8.00. The van der Waals surface area contributed by atoms with Crippen molar-refractivity contribution in [3.63, 3.8) is 0 Å². The van der Waals surface area contributed by atoms with Crippen LogP contribution >= 0.6 is 0 Å². The zero-order chi connectivity index (χ0) is 17.8. The van der Waals surface area contributed by atoms with Crippen LogP contribution < -0.4 is 10.2 Å². The second-order valence-electron chi connectivity index (χ2n) is 7.58. The third-order valence-electron chi connectivity index (χ3n) is 5.33. The fourth-order valence-corrected chi connectivity index (χ4v) is 4.15. The van der Waals surface area contributed by atoms with E-state index in [4.69, 9.17) is 0 Å². The lowest BCUT2D eigenvalue weighted by atomic mass is 9.89. The van der Waals surface area contributed by atoms with E-state index in [1.54, 1.807) is 4.90 Å². The van der Waals surface area contributed by atoms with Gasteiger partial charge in [0.05, 0.1) is 17.9 Å². The maximum Gasteiger partial charge on any atom is 0.241 e. The molecule has 2 aliphatic rings. The van der Waals surface area contributed by atoms with Crippen LogP contribution in [0.1, 0.15) is 45.4 Å². The number of carbonyl (C=O) groups is 2. The van der Waals surface area contributed by atoms with Crippen molar-refractivity contribution in [1.82, 2.24) is 4.90 Å². The van der Waals surface area contributed by atoms with E-state index in [1.165, 1.54) is 32.1 Å². The van der Waals surface area contributed by atoms with Gasteiger partial charge in [-0.3, -0.25) is 14.5 Å². The monoisotopic (exact) mass is 343 g/mol. The first-order valence-corrected chi connectivity index (χ1v) is 9.44. The molecule has 136 valence electrons. The molecule has 1 aromatic carbocycles. The molecule has 1 aromatic rings. The van der Waals surface area contributed by atoms with E-state index >= 15 is 0 Å². The number of amides is 2. The summed E-state index contributed by atoms with van der Waals surface area (Å²) < 4.78 is 0. The Balaban J connectivity index is 1.70. The number of anilines is 2. The lowest BCUT2D eigenvalue weighted by Gasteiger charge is -2.31. The molecule has 0 bridgehead atoms. The predicted octanol–water partition coefficient (Wildman–Crippen LogP) is 3.26. The number of hydrogen-bond acceptors (Lipinski definition) is 3. The number of hydrogen-bond donors (Lipinski definition) is 1. The van der Waals surface area contributed by atoms with Crippen molar-refractivity contribution < 1.29 is 9.59 Å². The van der Waals surface area contributed by atoms with Crippen LogP contribution in [-0.4, -0.2) is 42.9 Å². The molecule has 5 nitrogen and oxygen atoms in total. The van der Waals surface area contributed by atoms with Gasteiger partial charge in [0.25, 0.3) is 0 Å². The lowest BCUT2D eigenvalue weighted by molar-refractivity contribution is -0.120. The van der Waals surface area contributed by atoms with E-state index in [2.05, 4.69) is 10.2 Å². The molecule has 1 aliphatic heterocycles. The minimum Gasteiger partial charge on any atom is -0.324 e. The third-order valence-corrected chi connectivity index (χ3v) is 5.33. The summed E-state index contributed by atoms with van der Waals surface area (Å²) in [5, 5.41) is 2.91. The third kappa shape index (κ3) is 4.40. The predicted molar refractivity (Wildman–Crippen MR) is 101 cm³/mol. The minimum absolute atomic E-state index is 0.0363. The summed E-state index contributed by atoms with van der Waals surface area (Å²) in [5.74, 6) is 0.740. The van der Waals surface area contributed by atoms with Crippen molar-refractivity contribution in [3.05, 3.63) is 24.3 Å². The molecule has 0 spiro atoms. The normalized spacial score (nSPS) is 21.6. The molecule has 1 saturated carbocycles. The fourth-order valence-electron chi connectivity index (χ4n) is 4.15. The molecule has 1 unspecified atom stereocenters. The molecule has 1 atom stereocenters. The highest BCUT2D eigenvalue weighted by Crippen LogP contribution is 2.31. The first-order chi connectivity index (χ1) is 12.0.